The van der Waals surface area contributed by atoms with E-state index in [1.807, 2.05) is 37.3 Å². The van der Waals surface area contributed by atoms with Crippen molar-refractivity contribution in [1.82, 2.24) is 4.90 Å². The van der Waals surface area contributed by atoms with Gasteiger partial charge >= 0.3 is 5.97 Å². The van der Waals surface area contributed by atoms with E-state index in [2.05, 4.69) is 0 Å². The van der Waals surface area contributed by atoms with Gasteiger partial charge in [-0.2, -0.15) is 0 Å². The standard InChI is InChI=1S/C15H15NO4S/c1-2-9(17)10-13(18)16-11(15(19)20)12(21-14(10)16)8-6-4-3-5-7-8/h3-7,9-10,14,17H,2H2,1H3,(H,19,20)/t9-,10+,14+/m0/s1. The summed E-state index contributed by atoms with van der Waals surface area (Å²) >= 11 is 1.35. The summed E-state index contributed by atoms with van der Waals surface area (Å²) in [6, 6.07) is 9.17. The van der Waals surface area contributed by atoms with Crippen molar-refractivity contribution in [2.75, 3.05) is 0 Å². The maximum Gasteiger partial charge on any atom is 0.353 e. The van der Waals surface area contributed by atoms with E-state index in [4.69, 9.17) is 0 Å². The molecule has 21 heavy (non-hydrogen) atoms. The molecule has 1 amide bonds. The summed E-state index contributed by atoms with van der Waals surface area (Å²) in [4.78, 5) is 25.6. The molecule has 0 aliphatic carbocycles. The Hall–Kier alpha value is -1.79. The third-order valence-electron chi connectivity index (χ3n) is 3.85. The molecular formula is C15H15NO4S. The fourth-order valence-corrected chi connectivity index (χ4v) is 4.31. The van der Waals surface area contributed by atoms with E-state index in [1.165, 1.54) is 16.7 Å². The predicted molar refractivity (Wildman–Crippen MR) is 79.0 cm³/mol. The molecule has 110 valence electrons. The van der Waals surface area contributed by atoms with E-state index in [1.54, 1.807) is 0 Å². The van der Waals surface area contributed by atoms with Gasteiger partial charge in [-0.05, 0) is 12.0 Å². The number of amides is 1. The first kappa shape index (κ1) is 14.2. The van der Waals surface area contributed by atoms with Crippen LogP contribution in [0, 0.1) is 5.92 Å². The van der Waals surface area contributed by atoms with E-state index in [0.717, 1.165) is 5.56 Å². The molecule has 2 N–H and O–H groups in total. The SMILES string of the molecule is CC[C@H](O)[C@@H]1C(=O)N2C(C(=O)O)=C(c3ccccc3)S[C@H]12. The van der Waals surface area contributed by atoms with Gasteiger partial charge in [-0.15, -0.1) is 0 Å². The first-order valence-electron chi connectivity index (χ1n) is 6.77. The van der Waals surface area contributed by atoms with Gasteiger partial charge in [0.1, 0.15) is 11.1 Å². The van der Waals surface area contributed by atoms with Gasteiger partial charge in [-0.1, -0.05) is 49.0 Å². The summed E-state index contributed by atoms with van der Waals surface area (Å²) in [6.45, 7) is 1.81. The zero-order valence-corrected chi connectivity index (χ0v) is 12.2. The van der Waals surface area contributed by atoms with Crippen LogP contribution in [0.25, 0.3) is 4.91 Å². The van der Waals surface area contributed by atoms with Gasteiger partial charge < -0.3 is 10.2 Å². The fourth-order valence-electron chi connectivity index (χ4n) is 2.74. The van der Waals surface area contributed by atoms with Crippen molar-refractivity contribution in [3.8, 4) is 0 Å². The number of hydrogen-bond acceptors (Lipinski definition) is 4. The van der Waals surface area contributed by atoms with Crippen LogP contribution in [0.2, 0.25) is 0 Å². The highest BCUT2D eigenvalue weighted by Gasteiger charge is 2.58. The molecule has 0 unspecified atom stereocenters. The van der Waals surface area contributed by atoms with Crippen LogP contribution in [0.1, 0.15) is 18.9 Å². The average molecular weight is 305 g/mol. The van der Waals surface area contributed by atoms with Gasteiger partial charge in [0.05, 0.1) is 12.0 Å². The van der Waals surface area contributed by atoms with Gasteiger partial charge in [0.2, 0.25) is 5.91 Å². The lowest BCUT2D eigenvalue weighted by Crippen LogP contribution is -2.61. The Morgan fingerprint density at radius 2 is 2.05 bits per heavy atom. The van der Waals surface area contributed by atoms with Crippen molar-refractivity contribution in [1.29, 1.82) is 0 Å². The predicted octanol–water partition coefficient (Wildman–Crippen LogP) is 1.74. The minimum absolute atomic E-state index is 0.0285. The number of hydrogen-bond donors (Lipinski definition) is 2. The molecule has 1 saturated heterocycles. The summed E-state index contributed by atoms with van der Waals surface area (Å²) in [5.41, 5.74) is 0.813. The van der Waals surface area contributed by atoms with Crippen LogP contribution in [0.3, 0.4) is 0 Å². The smallest absolute Gasteiger partial charge is 0.353 e. The van der Waals surface area contributed by atoms with Crippen molar-refractivity contribution < 1.29 is 19.8 Å². The molecule has 6 heteroatoms. The number of carbonyl (C=O) groups excluding carboxylic acids is 1. The number of fused-ring (bicyclic) bond motifs is 1. The number of benzene rings is 1. The summed E-state index contributed by atoms with van der Waals surface area (Å²) in [5, 5.41) is 19.1. The van der Waals surface area contributed by atoms with Crippen molar-refractivity contribution in [3.05, 3.63) is 41.6 Å². The van der Waals surface area contributed by atoms with Crippen LogP contribution < -0.4 is 0 Å². The van der Waals surface area contributed by atoms with E-state index in [0.29, 0.717) is 11.3 Å². The third kappa shape index (κ3) is 2.06. The zero-order valence-electron chi connectivity index (χ0n) is 11.4. The van der Waals surface area contributed by atoms with Crippen LogP contribution in [0.4, 0.5) is 0 Å². The molecule has 0 aromatic heterocycles. The van der Waals surface area contributed by atoms with Gasteiger partial charge in [-0.25, -0.2) is 4.79 Å². The molecule has 1 aromatic rings. The highest BCUT2D eigenvalue weighted by atomic mass is 32.2. The molecule has 1 aromatic carbocycles. The third-order valence-corrected chi connectivity index (χ3v) is 5.26. The van der Waals surface area contributed by atoms with E-state index < -0.39 is 18.0 Å². The monoisotopic (exact) mass is 305 g/mol. The molecule has 0 saturated carbocycles. The van der Waals surface area contributed by atoms with E-state index in [9.17, 15) is 19.8 Å². The summed E-state index contributed by atoms with van der Waals surface area (Å²) in [5.74, 6) is -1.93. The Morgan fingerprint density at radius 3 is 2.62 bits per heavy atom. The van der Waals surface area contributed by atoms with E-state index in [-0.39, 0.29) is 17.0 Å². The zero-order chi connectivity index (χ0) is 15.1. The van der Waals surface area contributed by atoms with Gasteiger partial charge in [0, 0.05) is 4.91 Å². The minimum atomic E-state index is -1.11. The molecule has 0 spiro atoms. The molecule has 5 nitrogen and oxygen atoms in total. The largest absolute Gasteiger partial charge is 0.477 e. The highest BCUT2D eigenvalue weighted by molar-refractivity contribution is 8.09. The number of nitrogens with zero attached hydrogens (tertiary/aromatic N) is 1. The first-order valence-corrected chi connectivity index (χ1v) is 7.65. The highest BCUT2D eigenvalue weighted by Crippen LogP contribution is 2.53. The van der Waals surface area contributed by atoms with Gasteiger partial charge in [0.25, 0.3) is 0 Å². The number of carboxylic acid groups (broad SMARTS) is 1. The molecule has 3 rings (SSSR count). The number of aliphatic carboxylic acids is 1. The number of thioether (sulfide) groups is 1. The van der Waals surface area contributed by atoms with Crippen LogP contribution >= 0.6 is 11.8 Å². The van der Waals surface area contributed by atoms with Crippen LogP contribution in [-0.2, 0) is 9.59 Å². The number of aliphatic hydroxyl groups is 1. The van der Waals surface area contributed by atoms with Gasteiger partial charge in [-0.3, -0.25) is 9.69 Å². The van der Waals surface area contributed by atoms with Crippen LogP contribution in [-0.4, -0.2) is 38.5 Å². The summed E-state index contributed by atoms with van der Waals surface area (Å²) < 4.78 is 0. The number of rotatable bonds is 4. The summed E-state index contributed by atoms with van der Waals surface area (Å²) in [7, 11) is 0. The lowest BCUT2D eigenvalue weighted by molar-refractivity contribution is -0.157. The molecule has 2 aliphatic rings. The van der Waals surface area contributed by atoms with Crippen LogP contribution in [0.5, 0.6) is 0 Å². The van der Waals surface area contributed by atoms with Crippen molar-refractivity contribution in [2.45, 2.75) is 24.8 Å². The Morgan fingerprint density at radius 1 is 1.38 bits per heavy atom. The second-order valence-electron chi connectivity index (χ2n) is 5.07. The topological polar surface area (TPSA) is 77.8 Å². The lowest BCUT2D eigenvalue weighted by Gasteiger charge is -2.44. The Labute approximate surface area is 126 Å². The number of β-lactam (4-membered cyclic amide) rings is 1. The maximum atomic E-state index is 12.2. The number of aliphatic hydroxyl groups excluding tert-OH is 1. The molecule has 0 bridgehead atoms. The van der Waals surface area contributed by atoms with Crippen molar-refractivity contribution >= 4 is 28.5 Å². The maximum absolute atomic E-state index is 12.2. The first-order chi connectivity index (χ1) is 10.1. The Balaban J connectivity index is 1.99. The van der Waals surface area contributed by atoms with Crippen molar-refractivity contribution in [3.63, 3.8) is 0 Å². The molecule has 3 atom stereocenters. The Bertz CT molecular complexity index is 628. The Kier molecular flexibility index (Phi) is 3.51. The lowest BCUT2D eigenvalue weighted by atomic mass is 9.89. The normalized spacial score (nSPS) is 25.6. The van der Waals surface area contributed by atoms with E-state index >= 15 is 0 Å². The fraction of sp³-hybridized carbons (Fsp3) is 0.333. The van der Waals surface area contributed by atoms with Crippen LogP contribution in [0.15, 0.2) is 36.0 Å². The quantitative estimate of drug-likeness (QED) is 0.829. The molecule has 2 heterocycles. The number of carbonyl (C=O) groups is 2. The van der Waals surface area contributed by atoms with Gasteiger partial charge in [0.15, 0.2) is 0 Å². The molecule has 0 radical (unpaired) electrons. The molecular weight excluding hydrogens is 290 g/mol. The average Bonchev–Trinajstić information content (AvgIpc) is 2.83. The second-order valence-corrected chi connectivity index (χ2v) is 6.19. The van der Waals surface area contributed by atoms with Crippen molar-refractivity contribution in [2.24, 2.45) is 5.92 Å². The molecule has 2 aliphatic heterocycles. The second kappa shape index (κ2) is 5.20. The number of carboxylic acids is 1. The summed E-state index contributed by atoms with van der Waals surface area (Å²) in [6.07, 6.45) is -0.249. The molecule has 1 fully saturated rings. The minimum Gasteiger partial charge on any atom is -0.477 e.